The Morgan fingerprint density at radius 3 is 2.67 bits per heavy atom. The molecular weight excluding hydrogens is 188 g/mol. The van der Waals surface area contributed by atoms with Gasteiger partial charge in [0, 0.05) is 13.1 Å². The minimum Gasteiger partial charge on any atom is -0.273 e. The van der Waals surface area contributed by atoms with E-state index in [0.29, 0.717) is 12.5 Å². The summed E-state index contributed by atoms with van der Waals surface area (Å²) in [7, 11) is 1.95. The highest BCUT2D eigenvalue weighted by Crippen LogP contribution is 2.29. The first-order chi connectivity index (χ1) is 7.11. The van der Waals surface area contributed by atoms with Crippen molar-refractivity contribution in [3.05, 3.63) is 29.8 Å². The summed E-state index contributed by atoms with van der Waals surface area (Å²) in [5.41, 5.74) is 2.15. The molecule has 0 N–H and O–H groups in total. The zero-order valence-electron chi connectivity index (χ0n) is 9.40. The van der Waals surface area contributed by atoms with E-state index in [1.807, 2.05) is 36.3 Å². The minimum atomic E-state index is 0.160. The van der Waals surface area contributed by atoms with Gasteiger partial charge >= 0.3 is 0 Å². The second-order valence-electron chi connectivity index (χ2n) is 4.18. The van der Waals surface area contributed by atoms with Gasteiger partial charge in [0.05, 0.1) is 12.1 Å². The molecule has 1 aliphatic heterocycles. The molecule has 0 spiro atoms. The molecule has 1 aromatic rings. The molecule has 0 bridgehead atoms. The number of hydrazine groups is 1. The molecule has 1 heterocycles. The van der Waals surface area contributed by atoms with E-state index in [4.69, 9.17) is 0 Å². The van der Waals surface area contributed by atoms with Crippen LogP contribution >= 0.6 is 0 Å². The highest BCUT2D eigenvalue weighted by atomic mass is 16.2. The Bertz CT molecular complexity index is 387. The van der Waals surface area contributed by atoms with Gasteiger partial charge in [-0.3, -0.25) is 4.79 Å². The number of hydrogen-bond acceptors (Lipinski definition) is 2. The van der Waals surface area contributed by atoms with Crippen molar-refractivity contribution in [2.24, 2.45) is 0 Å². The summed E-state index contributed by atoms with van der Waals surface area (Å²) in [6.45, 7) is 4.16. The zero-order valence-corrected chi connectivity index (χ0v) is 9.40. The number of carbonyl (C=O) groups excluding carboxylic acids is 1. The SMILES string of the molecule is CC(C)N(C)N1C(=O)Cc2ccccc21. The summed E-state index contributed by atoms with van der Waals surface area (Å²) >= 11 is 0. The van der Waals surface area contributed by atoms with Gasteiger partial charge in [-0.25, -0.2) is 10.0 Å². The van der Waals surface area contributed by atoms with Crippen molar-refractivity contribution < 1.29 is 4.79 Å². The van der Waals surface area contributed by atoms with Gasteiger partial charge in [-0.1, -0.05) is 18.2 Å². The number of nitrogens with zero attached hydrogens (tertiary/aromatic N) is 2. The first kappa shape index (κ1) is 10.2. The monoisotopic (exact) mass is 204 g/mol. The Morgan fingerprint density at radius 2 is 2.00 bits per heavy atom. The van der Waals surface area contributed by atoms with Crippen molar-refractivity contribution in [3.63, 3.8) is 0 Å². The van der Waals surface area contributed by atoms with Crippen molar-refractivity contribution >= 4 is 11.6 Å². The predicted octanol–water partition coefficient (Wildman–Crippen LogP) is 1.83. The van der Waals surface area contributed by atoms with Crippen LogP contribution in [0.1, 0.15) is 19.4 Å². The van der Waals surface area contributed by atoms with E-state index in [2.05, 4.69) is 13.8 Å². The highest BCUT2D eigenvalue weighted by Gasteiger charge is 2.30. The number of fused-ring (bicyclic) bond motifs is 1. The number of carbonyl (C=O) groups is 1. The van der Waals surface area contributed by atoms with E-state index in [1.165, 1.54) is 0 Å². The third kappa shape index (κ3) is 1.63. The van der Waals surface area contributed by atoms with Gasteiger partial charge in [-0.2, -0.15) is 0 Å². The molecule has 0 radical (unpaired) electrons. The molecule has 3 heteroatoms. The second kappa shape index (κ2) is 3.66. The standard InChI is InChI=1S/C12H16N2O/c1-9(2)13(3)14-11-7-5-4-6-10(11)8-12(14)15/h4-7,9H,8H2,1-3H3. The summed E-state index contributed by atoms with van der Waals surface area (Å²) in [5.74, 6) is 0.160. The quantitative estimate of drug-likeness (QED) is 0.733. The molecular formula is C12H16N2O. The Morgan fingerprint density at radius 1 is 1.33 bits per heavy atom. The van der Waals surface area contributed by atoms with E-state index in [-0.39, 0.29) is 5.91 Å². The van der Waals surface area contributed by atoms with E-state index >= 15 is 0 Å². The zero-order chi connectivity index (χ0) is 11.0. The summed E-state index contributed by atoms with van der Waals surface area (Å²) < 4.78 is 0. The van der Waals surface area contributed by atoms with Gasteiger partial charge in [0.1, 0.15) is 0 Å². The lowest BCUT2D eigenvalue weighted by Gasteiger charge is -2.31. The predicted molar refractivity (Wildman–Crippen MR) is 60.5 cm³/mol. The van der Waals surface area contributed by atoms with Crippen molar-refractivity contribution in [1.29, 1.82) is 0 Å². The smallest absolute Gasteiger partial charge is 0.246 e. The molecule has 80 valence electrons. The molecule has 2 rings (SSSR count). The van der Waals surface area contributed by atoms with Gasteiger partial charge < -0.3 is 0 Å². The van der Waals surface area contributed by atoms with Crippen LogP contribution in [0.15, 0.2) is 24.3 Å². The fourth-order valence-corrected chi connectivity index (χ4v) is 1.82. The van der Waals surface area contributed by atoms with Gasteiger partial charge in [0.15, 0.2) is 0 Å². The van der Waals surface area contributed by atoms with E-state index in [1.54, 1.807) is 5.01 Å². The van der Waals surface area contributed by atoms with Gasteiger partial charge in [-0.15, -0.1) is 0 Å². The van der Waals surface area contributed by atoms with Crippen LogP contribution in [0.3, 0.4) is 0 Å². The number of amides is 1. The Hall–Kier alpha value is -1.35. The highest BCUT2D eigenvalue weighted by molar-refractivity contribution is 6.00. The second-order valence-corrected chi connectivity index (χ2v) is 4.18. The van der Waals surface area contributed by atoms with Gasteiger partial charge in [0.25, 0.3) is 0 Å². The van der Waals surface area contributed by atoms with Crippen molar-refractivity contribution in [3.8, 4) is 0 Å². The topological polar surface area (TPSA) is 23.6 Å². The van der Waals surface area contributed by atoms with Crippen molar-refractivity contribution in [1.82, 2.24) is 5.01 Å². The molecule has 1 aliphatic rings. The fraction of sp³-hybridized carbons (Fsp3) is 0.417. The van der Waals surface area contributed by atoms with E-state index in [9.17, 15) is 4.79 Å². The first-order valence-corrected chi connectivity index (χ1v) is 5.25. The lowest BCUT2D eigenvalue weighted by molar-refractivity contribution is -0.120. The Balaban J connectivity index is 2.38. The molecule has 0 aromatic heterocycles. The lowest BCUT2D eigenvalue weighted by atomic mass is 10.2. The van der Waals surface area contributed by atoms with E-state index in [0.717, 1.165) is 11.3 Å². The molecule has 3 nitrogen and oxygen atoms in total. The molecule has 0 aliphatic carbocycles. The van der Waals surface area contributed by atoms with Crippen LogP contribution in [0.4, 0.5) is 5.69 Å². The molecule has 1 amide bonds. The summed E-state index contributed by atoms with van der Waals surface area (Å²) in [6.07, 6.45) is 0.521. The van der Waals surface area contributed by atoms with Crippen LogP contribution in [-0.2, 0) is 11.2 Å². The maximum Gasteiger partial charge on any atom is 0.246 e. The normalized spacial score (nSPS) is 15.3. The molecule has 0 unspecified atom stereocenters. The van der Waals surface area contributed by atoms with E-state index < -0.39 is 0 Å². The van der Waals surface area contributed by atoms with Crippen molar-refractivity contribution in [2.45, 2.75) is 26.3 Å². The summed E-state index contributed by atoms with van der Waals surface area (Å²) in [4.78, 5) is 11.9. The maximum absolute atomic E-state index is 11.9. The third-order valence-electron chi connectivity index (χ3n) is 2.86. The Labute approximate surface area is 90.3 Å². The molecule has 0 saturated carbocycles. The average molecular weight is 204 g/mol. The third-order valence-corrected chi connectivity index (χ3v) is 2.86. The van der Waals surface area contributed by atoms with Gasteiger partial charge in [0.2, 0.25) is 5.91 Å². The molecule has 0 saturated heterocycles. The maximum atomic E-state index is 11.9. The molecule has 0 atom stereocenters. The summed E-state index contributed by atoms with van der Waals surface area (Å²) in [6, 6.07) is 8.28. The van der Waals surface area contributed by atoms with Crippen LogP contribution in [-0.4, -0.2) is 24.0 Å². The fourth-order valence-electron chi connectivity index (χ4n) is 1.82. The van der Waals surface area contributed by atoms with Crippen LogP contribution in [0.2, 0.25) is 0 Å². The lowest BCUT2D eigenvalue weighted by Crippen LogP contribution is -2.45. The first-order valence-electron chi connectivity index (χ1n) is 5.25. The summed E-state index contributed by atoms with van der Waals surface area (Å²) in [5, 5.41) is 3.76. The molecule has 15 heavy (non-hydrogen) atoms. The minimum absolute atomic E-state index is 0.160. The number of hydrogen-bond donors (Lipinski definition) is 0. The van der Waals surface area contributed by atoms with Crippen LogP contribution in [0, 0.1) is 0 Å². The number of anilines is 1. The van der Waals surface area contributed by atoms with Gasteiger partial charge in [-0.05, 0) is 25.5 Å². The number of para-hydroxylation sites is 1. The number of rotatable bonds is 2. The average Bonchev–Trinajstić information content (AvgIpc) is 2.52. The number of benzene rings is 1. The van der Waals surface area contributed by atoms with Crippen molar-refractivity contribution in [2.75, 3.05) is 12.1 Å². The molecule has 1 aromatic carbocycles. The Kier molecular flexibility index (Phi) is 2.49. The largest absolute Gasteiger partial charge is 0.273 e. The van der Waals surface area contributed by atoms with Crippen LogP contribution < -0.4 is 5.01 Å². The van der Waals surface area contributed by atoms with Crippen LogP contribution in [0.25, 0.3) is 0 Å². The molecule has 0 fully saturated rings. The van der Waals surface area contributed by atoms with Crippen LogP contribution in [0.5, 0.6) is 0 Å².